The molecule has 5 rings (SSSR count). The molecular weight excluding hydrogens is 507 g/mol. The molecule has 3 N–H and O–H groups in total. The van der Waals surface area contributed by atoms with E-state index in [1.807, 2.05) is 6.92 Å². The van der Waals surface area contributed by atoms with Gasteiger partial charge in [-0.2, -0.15) is 0 Å². The van der Waals surface area contributed by atoms with Gasteiger partial charge in [-0.1, -0.05) is 29.3 Å². The zero-order valence-corrected chi connectivity index (χ0v) is 20.2. The van der Waals surface area contributed by atoms with Crippen molar-refractivity contribution in [2.45, 2.75) is 6.92 Å². The van der Waals surface area contributed by atoms with Crippen LogP contribution in [0.1, 0.15) is 16.1 Å². The molecule has 0 saturated heterocycles. The van der Waals surface area contributed by atoms with Crippen molar-refractivity contribution in [2.24, 2.45) is 0 Å². The quantitative estimate of drug-likeness (QED) is 0.327. The number of hydrogen-bond donors (Lipinski definition) is 3. The van der Waals surface area contributed by atoms with Gasteiger partial charge in [0, 0.05) is 32.9 Å². The lowest BCUT2D eigenvalue weighted by atomic mass is 10.2. The van der Waals surface area contributed by atoms with E-state index in [0.29, 0.717) is 43.8 Å². The number of aryl methyl sites for hydroxylation is 1. The number of nitrogens with one attached hydrogen (secondary N) is 3. The van der Waals surface area contributed by atoms with Crippen molar-refractivity contribution in [3.63, 3.8) is 0 Å². The van der Waals surface area contributed by atoms with E-state index in [4.69, 9.17) is 32.7 Å². The van der Waals surface area contributed by atoms with Crippen LogP contribution in [0.15, 0.2) is 60.7 Å². The van der Waals surface area contributed by atoms with Crippen LogP contribution >= 0.6 is 23.2 Å². The summed E-state index contributed by atoms with van der Waals surface area (Å²) in [5.41, 5.74) is 4.71. The second-order valence-corrected chi connectivity index (χ2v) is 8.79. The van der Waals surface area contributed by atoms with Gasteiger partial charge in [0.1, 0.15) is 5.69 Å². The molecule has 0 bridgehead atoms. The molecular formula is C25H18Cl2N4O5. The third-order valence-corrected chi connectivity index (χ3v) is 6.12. The highest BCUT2D eigenvalue weighted by molar-refractivity contribution is 6.42. The van der Waals surface area contributed by atoms with E-state index in [1.165, 1.54) is 4.68 Å². The van der Waals surface area contributed by atoms with Crippen LogP contribution in [-0.2, 0) is 9.59 Å². The number of carbonyl (C=O) groups excluding carboxylic acids is 3. The minimum Gasteiger partial charge on any atom is -0.454 e. The Morgan fingerprint density at radius 1 is 0.833 bits per heavy atom. The molecule has 2 heterocycles. The molecule has 0 atom stereocenters. The molecule has 4 aromatic rings. The number of anilines is 2. The normalized spacial score (nSPS) is 11.9. The molecule has 36 heavy (non-hydrogen) atoms. The number of fused-ring (bicyclic) bond motifs is 2. The molecule has 9 nitrogen and oxygen atoms in total. The van der Waals surface area contributed by atoms with E-state index in [1.54, 1.807) is 60.7 Å². The van der Waals surface area contributed by atoms with Gasteiger partial charge in [0.2, 0.25) is 6.79 Å². The number of ether oxygens (including phenoxy) is 2. The van der Waals surface area contributed by atoms with E-state index in [2.05, 4.69) is 16.1 Å². The lowest BCUT2D eigenvalue weighted by molar-refractivity contribution is -0.133. The maximum absolute atomic E-state index is 13.2. The van der Waals surface area contributed by atoms with Crippen LogP contribution in [-0.4, -0.2) is 29.2 Å². The van der Waals surface area contributed by atoms with Crippen molar-refractivity contribution in [3.8, 4) is 11.5 Å². The minimum absolute atomic E-state index is 0.0770. The van der Waals surface area contributed by atoms with Crippen LogP contribution in [0.4, 0.5) is 11.4 Å². The first-order valence-electron chi connectivity index (χ1n) is 10.7. The van der Waals surface area contributed by atoms with Crippen molar-refractivity contribution < 1.29 is 23.9 Å². The molecule has 11 heteroatoms. The second-order valence-electron chi connectivity index (χ2n) is 7.95. The fraction of sp³-hybridized carbons (Fsp3) is 0.0800. The molecule has 0 saturated carbocycles. The summed E-state index contributed by atoms with van der Waals surface area (Å²) in [6.45, 7) is 1.93. The fourth-order valence-electron chi connectivity index (χ4n) is 3.65. The smallest absolute Gasteiger partial charge is 0.328 e. The Balaban J connectivity index is 1.40. The highest BCUT2D eigenvalue weighted by Crippen LogP contribution is 2.34. The molecule has 0 aliphatic carbocycles. The van der Waals surface area contributed by atoms with Crippen LogP contribution in [0.2, 0.25) is 10.0 Å². The molecule has 0 fully saturated rings. The average Bonchev–Trinajstić information content (AvgIpc) is 3.45. The second kappa shape index (κ2) is 9.44. The predicted molar refractivity (Wildman–Crippen MR) is 137 cm³/mol. The summed E-state index contributed by atoms with van der Waals surface area (Å²) in [7, 11) is 0. The van der Waals surface area contributed by atoms with Crippen LogP contribution in [0.25, 0.3) is 10.9 Å². The Bertz CT molecular complexity index is 1550. The van der Waals surface area contributed by atoms with Gasteiger partial charge in [-0.3, -0.25) is 19.8 Å². The first-order chi connectivity index (χ1) is 17.3. The maximum atomic E-state index is 13.2. The van der Waals surface area contributed by atoms with Crippen LogP contribution in [0, 0.1) is 6.92 Å². The molecule has 1 aliphatic rings. The summed E-state index contributed by atoms with van der Waals surface area (Å²) in [5, 5.41) is 6.79. The van der Waals surface area contributed by atoms with Gasteiger partial charge in [0.15, 0.2) is 11.5 Å². The van der Waals surface area contributed by atoms with E-state index in [-0.39, 0.29) is 12.5 Å². The van der Waals surface area contributed by atoms with Crippen molar-refractivity contribution in [2.75, 3.05) is 22.9 Å². The van der Waals surface area contributed by atoms with Crippen LogP contribution < -0.4 is 25.5 Å². The van der Waals surface area contributed by atoms with E-state index < -0.39 is 17.7 Å². The summed E-state index contributed by atoms with van der Waals surface area (Å²) in [6.07, 6.45) is 0. The first kappa shape index (κ1) is 23.5. The number of nitrogens with zero attached hydrogens (tertiary/aromatic N) is 1. The van der Waals surface area contributed by atoms with Gasteiger partial charge in [-0.25, -0.2) is 4.68 Å². The third-order valence-electron chi connectivity index (χ3n) is 5.48. The Hall–Kier alpha value is -4.21. The monoisotopic (exact) mass is 524 g/mol. The first-order valence-corrected chi connectivity index (χ1v) is 11.4. The summed E-state index contributed by atoms with van der Waals surface area (Å²) in [6, 6.07) is 16.3. The van der Waals surface area contributed by atoms with Gasteiger partial charge in [-0.05, 0) is 61.0 Å². The van der Waals surface area contributed by atoms with Gasteiger partial charge in [-0.15, -0.1) is 0 Å². The summed E-state index contributed by atoms with van der Waals surface area (Å²) >= 11 is 12.3. The zero-order chi connectivity index (χ0) is 25.4. The molecule has 182 valence electrons. The lowest BCUT2D eigenvalue weighted by Crippen LogP contribution is -2.36. The predicted octanol–water partition coefficient (Wildman–Crippen LogP) is 4.95. The van der Waals surface area contributed by atoms with Crippen molar-refractivity contribution in [1.82, 2.24) is 4.68 Å². The van der Waals surface area contributed by atoms with Crippen LogP contribution in [0.3, 0.4) is 0 Å². The van der Waals surface area contributed by atoms with E-state index >= 15 is 0 Å². The van der Waals surface area contributed by atoms with Crippen molar-refractivity contribution >= 4 is 63.2 Å². The molecule has 1 aliphatic heterocycles. The molecule has 1 aromatic heterocycles. The number of aromatic nitrogens is 1. The van der Waals surface area contributed by atoms with Gasteiger partial charge < -0.3 is 20.1 Å². The summed E-state index contributed by atoms with van der Waals surface area (Å²) in [4.78, 5) is 38.6. The lowest BCUT2D eigenvalue weighted by Gasteiger charge is -2.13. The Labute approximate surface area is 214 Å². The molecule has 0 radical (unpaired) electrons. The summed E-state index contributed by atoms with van der Waals surface area (Å²) in [5.74, 6) is -1.47. The number of hydrogen-bond acceptors (Lipinski definition) is 5. The standard InChI is InChI=1S/C25H18Cl2N4O5/c1-13-2-4-16(10-18(13)27)28-23(32)20-9-14-8-15(26)3-6-19(14)31(20)30-25(34)24(33)29-17-5-7-21-22(11-17)36-12-35-21/h2-11H,12H2,1H3,(H,28,32)(H,29,33)(H,30,34). The molecule has 0 spiro atoms. The third kappa shape index (κ3) is 4.66. The number of rotatable bonds is 4. The number of amides is 3. The van der Waals surface area contributed by atoms with Gasteiger partial charge in [0.25, 0.3) is 5.91 Å². The van der Waals surface area contributed by atoms with E-state index in [9.17, 15) is 14.4 Å². The Morgan fingerprint density at radius 2 is 1.58 bits per heavy atom. The number of benzene rings is 3. The Kier molecular flexibility index (Phi) is 6.17. The summed E-state index contributed by atoms with van der Waals surface area (Å²) < 4.78 is 11.8. The van der Waals surface area contributed by atoms with Gasteiger partial charge in [0.05, 0.1) is 5.52 Å². The fourth-order valence-corrected chi connectivity index (χ4v) is 4.02. The molecule has 3 aromatic carbocycles. The van der Waals surface area contributed by atoms with Crippen molar-refractivity contribution in [1.29, 1.82) is 0 Å². The topological polar surface area (TPSA) is 111 Å². The van der Waals surface area contributed by atoms with Crippen molar-refractivity contribution in [3.05, 3.63) is 82.0 Å². The largest absolute Gasteiger partial charge is 0.454 e. The Morgan fingerprint density at radius 3 is 2.39 bits per heavy atom. The maximum Gasteiger partial charge on any atom is 0.328 e. The zero-order valence-electron chi connectivity index (χ0n) is 18.7. The molecule has 0 unspecified atom stereocenters. The minimum atomic E-state index is -0.993. The SMILES string of the molecule is Cc1ccc(NC(=O)c2cc3cc(Cl)ccc3n2NC(=O)C(=O)Nc2ccc3c(c2)OCO3)cc1Cl. The highest BCUT2D eigenvalue weighted by atomic mass is 35.5. The average molecular weight is 525 g/mol. The van der Waals surface area contributed by atoms with Gasteiger partial charge >= 0.3 is 11.8 Å². The number of carbonyl (C=O) groups is 3. The molecule has 3 amide bonds. The highest BCUT2D eigenvalue weighted by Gasteiger charge is 2.22. The number of halogens is 2. The van der Waals surface area contributed by atoms with E-state index in [0.717, 1.165) is 5.56 Å². The van der Waals surface area contributed by atoms with Crippen LogP contribution in [0.5, 0.6) is 11.5 Å².